The zero-order chi connectivity index (χ0) is 18.1. The molecule has 1 N–H and O–H groups in total. The molecule has 0 spiro atoms. The van der Waals surface area contributed by atoms with E-state index in [1.165, 1.54) is 23.5 Å². The van der Waals surface area contributed by atoms with E-state index in [0.29, 0.717) is 11.7 Å². The highest BCUT2D eigenvalue weighted by molar-refractivity contribution is 14.1. The molecule has 0 saturated heterocycles. The third-order valence-electron chi connectivity index (χ3n) is 3.68. The summed E-state index contributed by atoms with van der Waals surface area (Å²) in [7, 11) is 0. The summed E-state index contributed by atoms with van der Waals surface area (Å²) in [6, 6.07) is 12.7. The first-order valence-electron chi connectivity index (χ1n) is 7.53. The third kappa shape index (κ3) is 3.51. The molecule has 0 radical (unpaired) electrons. The van der Waals surface area contributed by atoms with Crippen LogP contribution in [0.5, 0.6) is 0 Å². The Labute approximate surface area is 165 Å². The van der Waals surface area contributed by atoms with E-state index in [1.807, 2.05) is 24.3 Å². The molecule has 2 heterocycles. The van der Waals surface area contributed by atoms with Gasteiger partial charge in [0.15, 0.2) is 0 Å². The minimum atomic E-state index is -0.413. The maximum atomic E-state index is 10.9. The van der Waals surface area contributed by atoms with Crippen molar-refractivity contribution in [1.82, 2.24) is 20.0 Å². The molecule has 10 heteroatoms. The predicted molar refractivity (Wildman–Crippen MR) is 108 cm³/mol. The summed E-state index contributed by atoms with van der Waals surface area (Å²) in [5.41, 5.74) is 1.82. The number of non-ortho nitro benzene ring substituents is 1. The summed E-state index contributed by atoms with van der Waals surface area (Å²) in [4.78, 5) is 10.5. The first-order valence-corrected chi connectivity index (χ1v) is 9.43. The largest absolute Gasteiger partial charge is 0.330 e. The highest BCUT2D eigenvalue weighted by Gasteiger charge is 2.12. The molecule has 0 atom stereocenters. The van der Waals surface area contributed by atoms with E-state index >= 15 is 0 Å². The van der Waals surface area contributed by atoms with Gasteiger partial charge in [0, 0.05) is 26.8 Å². The van der Waals surface area contributed by atoms with Crippen LogP contribution in [0, 0.1) is 13.7 Å². The second-order valence-electron chi connectivity index (χ2n) is 5.44. The number of rotatable bonds is 5. The normalized spacial score (nSPS) is 11.0. The Morgan fingerprint density at radius 2 is 2.00 bits per heavy atom. The van der Waals surface area contributed by atoms with Crippen molar-refractivity contribution >= 4 is 61.3 Å². The van der Waals surface area contributed by atoms with E-state index in [1.54, 1.807) is 16.9 Å². The van der Waals surface area contributed by atoms with E-state index < -0.39 is 4.92 Å². The molecule has 0 aliphatic carbocycles. The lowest BCUT2D eigenvalue weighted by molar-refractivity contribution is -0.384. The van der Waals surface area contributed by atoms with Gasteiger partial charge in [0.05, 0.1) is 23.2 Å². The number of halogens is 1. The van der Waals surface area contributed by atoms with E-state index in [2.05, 4.69) is 43.2 Å². The summed E-state index contributed by atoms with van der Waals surface area (Å²) in [5.74, 6) is 0. The molecule has 0 fully saturated rings. The second-order valence-corrected chi connectivity index (χ2v) is 7.74. The highest BCUT2D eigenvalue weighted by atomic mass is 127. The number of nitro groups is 1. The van der Waals surface area contributed by atoms with Crippen LogP contribution in [0.4, 0.5) is 16.5 Å². The van der Waals surface area contributed by atoms with Gasteiger partial charge in [0.25, 0.3) is 5.69 Å². The lowest BCUT2D eigenvalue weighted by atomic mass is 10.2. The Hall–Kier alpha value is -2.60. The fourth-order valence-electron chi connectivity index (χ4n) is 2.47. The molecular weight excluding hydrogens is 467 g/mol. The quantitative estimate of drug-likeness (QED) is 0.262. The number of nitrogens with one attached hydrogen (secondary N) is 1. The van der Waals surface area contributed by atoms with Crippen LogP contribution in [0.25, 0.3) is 10.9 Å². The molecule has 0 saturated carbocycles. The van der Waals surface area contributed by atoms with Gasteiger partial charge in [-0.3, -0.25) is 14.8 Å². The number of hydrogen-bond acceptors (Lipinski definition) is 7. The number of aromatic nitrogens is 4. The molecule has 2 aromatic heterocycles. The van der Waals surface area contributed by atoms with Crippen LogP contribution in [0.15, 0.2) is 48.7 Å². The summed E-state index contributed by atoms with van der Waals surface area (Å²) in [6.07, 6.45) is 1.62. The van der Waals surface area contributed by atoms with Crippen molar-refractivity contribution in [2.24, 2.45) is 0 Å². The molecule has 130 valence electrons. The summed E-state index contributed by atoms with van der Waals surface area (Å²) in [5, 5.41) is 29.0. The first-order chi connectivity index (χ1) is 12.6. The lowest BCUT2D eigenvalue weighted by Gasteiger charge is -2.01. The number of anilines is 2. The van der Waals surface area contributed by atoms with Gasteiger partial charge in [-0.15, -0.1) is 10.2 Å². The minimum absolute atomic E-state index is 0.0528. The molecule has 26 heavy (non-hydrogen) atoms. The Morgan fingerprint density at radius 3 is 2.77 bits per heavy atom. The van der Waals surface area contributed by atoms with E-state index in [0.717, 1.165) is 25.2 Å². The zero-order valence-corrected chi connectivity index (χ0v) is 16.1. The SMILES string of the molecule is O=[N+]([O-])c1ccc2c(cnn2Cc2nnc(Nc3ccc(I)cc3)s2)c1. The van der Waals surface area contributed by atoms with Crippen LogP contribution in [0.1, 0.15) is 5.01 Å². The fourth-order valence-corrected chi connectivity index (χ4v) is 3.57. The standard InChI is InChI=1S/C16H11IN6O2S/c17-11-1-3-12(4-2-11)19-16-21-20-15(26-16)9-22-14-6-5-13(23(24)25)7-10(14)8-18-22/h1-8H,9H2,(H,19,21). The number of hydrogen-bond donors (Lipinski definition) is 1. The predicted octanol–water partition coefficient (Wildman–Crippen LogP) is 4.19. The first kappa shape index (κ1) is 16.8. The average Bonchev–Trinajstić information content (AvgIpc) is 3.24. The van der Waals surface area contributed by atoms with Crippen LogP contribution >= 0.6 is 33.9 Å². The highest BCUT2D eigenvalue weighted by Crippen LogP contribution is 2.24. The molecule has 2 aromatic carbocycles. The Kier molecular flexibility index (Phi) is 4.51. The van der Waals surface area contributed by atoms with E-state index in [4.69, 9.17) is 0 Å². The number of nitro benzene ring substituents is 1. The maximum absolute atomic E-state index is 10.9. The van der Waals surface area contributed by atoms with Crippen molar-refractivity contribution in [3.63, 3.8) is 0 Å². The molecule has 4 rings (SSSR count). The van der Waals surface area contributed by atoms with Gasteiger partial charge in [-0.25, -0.2) is 0 Å². The van der Waals surface area contributed by atoms with Crippen LogP contribution in [-0.4, -0.2) is 24.9 Å². The van der Waals surface area contributed by atoms with E-state index in [9.17, 15) is 10.1 Å². The average molecular weight is 478 g/mol. The minimum Gasteiger partial charge on any atom is -0.330 e. The smallest absolute Gasteiger partial charge is 0.270 e. The monoisotopic (exact) mass is 478 g/mol. The third-order valence-corrected chi connectivity index (χ3v) is 5.23. The van der Waals surface area contributed by atoms with Crippen molar-refractivity contribution < 1.29 is 4.92 Å². The van der Waals surface area contributed by atoms with E-state index in [-0.39, 0.29) is 5.69 Å². The van der Waals surface area contributed by atoms with Crippen molar-refractivity contribution in [3.8, 4) is 0 Å². The van der Waals surface area contributed by atoms with Crippen molar-refractivity contribution in [3.05, 3.63) is 67.4 Å². The Balaban J connectivity index is 1.53. The summed E-state index contributed by atoms with van der Waals surface area (Å²) >= 11 is 3.70. The van der Waals surface area contributed by atoms with Gasteiger partial charge >= 0.3 is 0 Å². The topological polar surface area (TPSA) is 98.8 Å². The van der Waals surface area contributed by atoms with Gasteiger partial charge in [-0.05, 0) is 52.9 Å². The van der Waals surface area contributed by atoms with Crippen molar-refractivity contribution in [2.75, 3.05) is 5.32 Å². The number of fused-ring (bicyclic) bond motifs is 1. The Morgan fingerprint density at radius 1 is 1.19 bits per heavy atom. The molecule has 0 aliphatic heterocycles. The molecule has 0 bridgehead atoms. The maximum Gasteiger partial charge on any atom is 0.270 e. The summed E-state index contributed by atoms with van der Waals surface area (Å²) < 4.78 is 2.92. The molecule has 4 aromatic rings. The molecule has 0 unspecified atom stereocenters. The van der Waals surface area contributed by atoms with Crippen LogP contribution < -0.4 is 5.32 Å². The summed E-state index contributed by atoms with van der Waals surface area (Å²) in [6.45, 7) is 0.452. The van der Waals surface area contributed by atoms with Gasteiger partial charge in [-0.2, -0.15) is 5.10 Å². The number of benzene rings is 2. The fraction of sp³-hybridized carbons (Fsp3) is 0.0625. The number of nitrogens with zero attached hydrogens (tertiary/aromatic N) is 5. The molecule has 0 amide bonds. The van der Waals surface area contributed by atoms with Crippen molar-refractivity contribution in [2.45, 2.75) is 6.54 Å². The Bertz CT molecular complexity index is 1090. The van der Waals surface area contributed by atoms with Gasteiger partial charge in [0.2, 0.25) is 5.13 Å². The molecular formula is C16H11IN6O2S. The molecule has 8 nitrogen and oxygen atoms in total. The second kappa shape index (κ2) is 6.96. The van der Waals surface area contributed by atoms with Crippen molar-refractivity contribution in [1.29, 1.82) is 0 Å². The van der Waals surface area contributed by atoms with Gasteiger partial charge in [0.1, 0.15) is 5.01 Å². The van der Waals surface area contributed by atoms with Gasteiger partial charge in [-0.1, -0.05) is 11.3 Å². The van der Waals surface area contributed by atoms with Crippen LogP contribution in [0.3, 0.4) is 0 Å². The van der Waals surface area contributed by atoms with Crippen LogP contribution in [0.2, 0.25) is 0 Å². The van der Waals surface area contributed by atoms with Gasteiger partial charge < -0.3 is 5.32 Å². The molecule has 0 aliphatic rings. The lowest BCUT2D eigenvalue weighted by Crippen LogP contribution is -2.01. The van der Waals surface area contributed by atoms with Crippen LogP contribution in [-0.2, 0) is 6.54 Å². The zero-order valence-electron chi connectivity index (χ0n) is 13.2.